The number of rotatable bonds is 5. The molecule has 2 saturated heterocycles. The number of ether oxygens (including phenoxy) is 2. The number of alkyl halides is 3. The summed E-state index contributed by atoms with van der Waals surface area (Å²) in [5, 5.41) is 7.12. The number of hydrogen-bond acceptors (Lipinski definition) is 5. The Morgan fingerprint density at radius 1 is 1.16 bits per heavy atom. The molecule has 1 N–H and O–H groups in total. The second-order valence-electron chi connectivity index (χ2n) is 7.56. The molecule has 0 unspecified atom stereocenters. The fourth-order valence-electron chi connectivity index (χ4n) is 4.12. The number of carbonyl (C=O) groups excluding carboxylic acids is 1. The van der Waals surface area contributed by atoms with Crippen LogP contribution < -0.4 is 4.74 Å². The first-order chi connectivity index (χ1) is 14.6. The van der Waals surface area contributed by atoms with Crippen molar-refractivity contribution in [3.63, 3.8) is 0 Å². The van der Waals surface area contributed by atoms with E-state index < -0.39 is 12.1 Å². The van der Waals surface area contributed by atoms with Crippen LogP contribution in [0.4, 0.5) is 13.2 Å². The Hall–Kier alpha value is -2.33. The maximum Gasteiger partial charge on any atom is 0.490 e. The van der Waals surface area contributed by atoms with Crippen molar-refractivity contribution in [2.45, 2.75) is 38.1 Å². The molecule has 0 aromatic heterocycles. The van der Waals surface area contributed by atoms with E-state index in [1.165, 1.54) is 0 Å². The summed E-state index contributed by atoms with van der Waals surface area (Å²) in [5.41, 5.74) is 1.04. The first-order valence-electron chi connectivity index (χ1n) is 10.1. The molecule has 10 heteroatoms. The van der Waals surface area contributed by atoms with Crippen LogP contribution >= 0.6 is 0 Å². The average molecular weight is 446 g/mol. The molecule has 1 amide bonds. The number of likely N-dealkylation sites (tertiary alicyclic amines) is 2. The van der Waals surface area contributed by atoms with Gasteiger partial charge in [-0.3, -0.25) is 4.79 Å². The van der Waals surface area contributed by atoms with Crippen molar-refractivity contribution in [3.05, 3.63) is 29.8 Å². The fraction of sp³-hybridized carbons (Fsp3) is 0.619. The van der Waals surface area contributed by atoms with Crippen molar-refractivity contribution in [2.75, 3.05) is 40.4 Å². The summed E-state index contributed by atoms with van der Waals surface area (Å²) < 4.78 is 42.6. The predicted molar refractivity (Wildman–Crippen MR) is 107 cm³/mol. The number of aliphatic carboxylic acids is 1. The number of benzene rings is 1. The van der Waals surface area contributed by atoms with E-state index in [9.17, 15) is 18.0 Å². The van der Waals surface area contributed by atoms with E-state index in [4.69, 9.17) is 19.4 Å². The number of fused-ring (bicyclic) bond motifs is 1. The van der Waals surface area contributed by atoms with Gasteiger partial charge in [0.25, 0.3) is 0 Å². The van der Waals surface area contributed by atoms with Gasteiger partial charge in [-0.15, -0.1) is 0 Å². The third-order valence-electron chi connectivity index (χ3n) is 5.77. The van der Waals surface area contributed by atoms with Crippen LogP contribution in [0.1, 0.15) is 18.9 Å². The van der Waals surface area contributed by atoms with Crippen LogP contribution in [0.2, 0.25) is 0 Å². The number of carbonyl (C=O) groups is 2. The van der Waals surface area contributed by atoms with E-state index in [2.05, 4.69) is 16.7 Å². The molecular formula is C21H29F3N2O5. The zero-order valence-corrected chi connectivity index (χ0v) is 17.9. The van der Waals surface area contributed by atoms with Crippen LogP contribution in [0.5, 0.6) is 5.75 Å². The summed E-state index contributed by atoms with van der Waals surface area (Å²) in [5.74, 6) is -1.28. The van der Waals surface area contributed by atoms with Gasteiger partial charge in [0.2, 0.25) is 5.91 Å². The van der Waals surface area contributed by atoms with Gasteiger partial charge in [0.05, 0.1) is 25.7 Å². The standard InChI is InChI=1S/C19H28N2O3.C2HF3O2/c1-4-20-12-16-17(13-20)21(10-9-18(16)24-3)19(22)11-14-5-7-15(23-2)8-6-14;3-2(4,5)1(6)7/h5-8,16-18H,4,9-13H2,1-3H3;(H,6,7)/t16-,17+,18+;/m0./s1. The largest absolute Gasteiger partial charge is 0.497 e. The molecule has 0 saturated carbocycles. The van der Waals surface area contributed by atoms with Crippen LogP contribution in [0.15, 0.2) is 24.3 Å². The molecule has 0 spiro atoms. The number of carboxylic acids is 1. The topological polar surface area (TPSA) is 79.3 Å². The zero-order valence-electron chi connectivity index (χ0n) is 17.9. The number of amides is 1. The molecule has 0 bridgehead atoms. The maximum absolute atomic E-state index is 12.9. The average Bonchev–Trinajstić information content (AvgIpc) is 3.17. The van der Waals surface area contributed by atoms with Crippen LogP contribution in [0.3, 0.4) is 0 Å². The summed E-state index contributed by atoms with van der Waals surface area (Å²) in [7, 11) is 3.45. The van der Waals surface area contributed by atoms with Gasteiger partial charge in [-0.1, -0.05) is 19.1 Å². The van der Waals surface area contributed by atoms with Crippen LogP contribution in [0, 0.1) is 5.92 Å². The molecule has 2 aliphatic heterocycles. The Kier molecular flexibility index (Phi) is 8.69. The number of carboxylic acid groups (broad SMARTS) is 1. The van der Waals surface area contributed by atoms with Crippen LogP contribution in [-0.2, 0) is 20.7 Å². The minimum absolute atomic E-state index is 0.225. The third kappa shape index (κ3) is 6.57. The zero-order chi connectivity index (χ0) is 23.2. The Balaban J connectivity index is 0.000000423. The summed E-state index contributed by atoms with van der Waals surface area (Å²) in [6.07, 6.45) is -3.42. The molecule has 1 aromatic carbocycles. The minimum Gasteiger partial charge on any atom is -0.497 e. The highest BCUT2D eigenvalue weighted by Gasteiger charge is 2.45. The van der Waals surface area contributed by atoms with Crippen LogP contribution in [0.25, 0.3) is 0 Å². The molecule has 0 aliphatic carbocycles. The number of hydrogen-bond donors (Lipinski definition) is 1. The molecule has 2 fully saturated rings. The molecular weight excluding hydrogens is 417 g/mol. The van der Waals surface area contributed by atoms with Crippen molar-refractivity contribution in [2.24, 2.45) is 5.92 Å². The Bertz CT molecular complexity index is 742. The van der Waals surface area contributed by atoms with E-state index in [1.807, 2.05) is 24.3 Å². The van der Waals surface area contributed by atoms with Crippen molar-refractivity contribution in [1.29, 1.82) is 0 Å². The molecule has 7 nitrogen and oxygen atoms in total. The Morgan fingerprint density at radius 3 is 2.26 bits per heavy atom. The van der Waals surface area contributed by atoms with E-state index in [1.54, 1.807) is 14.2 Å². The first kappa shape index (κ1) is 24.9. The summed E-state index contributed by atoms with van der Waals surface area (Å²) in [6.45, 7) is 6.01. The van der Waals surface area contributed by atoms with E-state index in [0.29, 0.717) is 12.3 Å². The summed E-state index contributed by atoms with van der Waals surface area (Å²) >= 11 is 0. The lowest BCUT2D eigenvalue weighted by atomic mass is 9.88. The van der Waals surface area contributed by atoms with Gasteiger partial charge in [-0.05, 0) is 30.7 Å². The van der Waals surface area contributed by atoms with Gasteiger partial charge in [0.15, 0.2) is 0 Å². The minimum atomic E-state index is -5.08. The first-order valence-corrected chi connectivity index (χ1v) is 10.1. The highest BCUT2D eigenvalue weighted by molar-refractivity contribution is 5.79. The predicted octanol–water partition coefficient (Wildman–Crippen LogP) is 2.44. The van der Waals surface area contributed by atoms with Crippen molar-refractivity contribution in [3.8, 4) is 5.75 Å². The van der Waals surface area contributed by atoms with Crippen molar-refractivity contribution in [1.82, 2.24) is 9.80 Å². The normalized spacial score (nSPS) is 23.5. The molecule has 174 valence electrons. The molecule has 1 aromatic rings. The smallest absolute Gasteiger partial charge is 0.490 e. The molecule has 3 atom stereocenters. The van der Waals surface area contributed by atoms with Gasteiger partial charge in [0, 0.05) is 32.7 Å². The van der Waals surface area contributed by atoms with Crippen molar-refractivity contribution < 1.29 is 37.3 Å². The number of methoxy groups -OCH3 is 2. The molecule has 31 heavy (non-hydrogen) atoms. The monoisotopic (exact) mass is 446 g/mol. The van der Waals surface area contributed by atoms with E-state index in [-0.39, 0.29) is 18.1 Å². The van der Waals surface area contributed by atoms with E-state index >= 15 is 0 Å². The molecule has 0 radical (unpaired) electrons. The number of likely N-dealkylation sites (N-methyl/N-ethyl adjacent to an activating group) is 1. The maximum atomic E-state index is 12.9. The van der Waals surface area contributed by atoms with Gasteiger partial charge < -0.3 is 24.4 Å². The number of halogens is 3. The number of piperidine rings is 1. The lowest BCUT2D eigenvalue weighted by Crippen LogP contribution is -2.54. The summed E-state index contributed by atoms with van der Waals surface area (Å²) in [4.78, 5) is 26.3. The molecule has 2 aliphatic rings. The van der Waals surface area contributed by atoms with Crippen LogP contribution in [-0.4, -0.2) is 85.5 Å². The quantitative estimate of drug-likeness (QED) is 0.749. The Morgan fingerprint density at radius 2 is 1.77 bits per heavy atom. The van der Waals surface area contributed by atoms with Gasteiger partial charge in [0.1, 0.15) is 5.75 Å². The SMILES string of the molecule is CCN1C[C@H]2[C@@H](C1)N(C(=O)Cc1ccc(OC)cc1)CC[C@H]2OC.O=C(O)C(F)(F)F. The summed E-state index contributed by atoms with van der Waals surface area (Å²) in [6, 6.07) is 8.06. The second kappa shape index (κ2) is 10.8. The van der Waals surface area contributed by atoms with Gasteiger partial charge >= 0.3 is 12.1 Å². The molecule has 2 heterocycles. The lowest BCUT2D eigenvalue weighted by Gasteiger charge is -2.41. The fourth-order valence-corrected chi connectivity index (χ4v) is 4.12. The van der Waals surface area contributed by atoms with Gasteiger partial charge in [-0.2, -0.15) is 13.2 Å². The van der Waals surface area contributed by atoms with E-state index in [0.717, 1.165) is 43.9 Å². The second-order valence-corrected chi connectivity index (χ2v) is 7.56. The van der Waals surface area contributed by atoms with Gasteiger partial charge in [-0.25, -0.2) is 4.79 Å². The lowest BCUT2D eigenvalue weighted by molar-refractivity contribution is -0.192. The Labute approximate surface area is 179 Å². The number of nitrogens with zero attached hydrogens (tertiary/aromatic N) is 2. The molecule has 3 rings (SSSR count). The highest BCUT2D eigenvalue weighted by atomic mass is 19.4. The highest BCUT2D eigenvalue weighted by Crippen LogP contribution is 2.32. The van der Waals surface area contributed by atoms with Crippen molar-refractivity contribution >= 4 is 11.9 Å². The third-order valence-corrected chi connectivity index (χ3v) is 5.77.